The number of amidine groups is 1. The number of ether oxygens (including phenoxy) is 2. The van der Waals surface area contributed by atoms with Crippen molar-refractivity contribution in [1.82, 2.24) is 0 Å². The van der Waals surface area contributed by atoms with Gasteiger partial charge in [0, 0.05) is 30.7 Å². The molecule has 1 aliphatic carbocycles. The van der Waals surface area contributed by atoms with E-state index in [1.54, 1.807) is 0 Å². The zero-order chi connectivity index (χ0) is 17.0. The summed E-state index contributed by atoms with van der Waals surface area (Å²) in [6.07, 6.45) is 0. The van der Waals surface area contributed by atoms with Crippen LogP contribution in [-0.4, -0.2) is 26.0 Å². The van der Waals surface area contributed by atoms with E-state index in [9.17, 15) is 14.9 Å². The monoisotopic (exact) mass is 334 g/mol. The Bertz CT molecular complexity index is 790. The van der Waals surface area contributed by atoms with Crippen LogP contribution in [0.4, 0.5) is 4.39 Å². The van der Waals surface area contributed by atoms with E-state index in [-0.39, 0.29) is 16.4 Å². The Morgan fingerprint density at radius 1 is 1.30 bits per heavy atom. The lowest BCUT2D eigenvalue weighted by molar-refractivity contribution is -0.230. The second-order valence-electron chi connectivity index (χ2n) is 5.40. The molecule has 1 aromatic carbocycles. The fraction of sp³-hybridized carbons (Fsp3) is 0.400. The molecule has 0 aromatic heterocycles. The standard InChI is InChI=1S/C15H12ClFN4O2/c1-22-15(23-2)14(7-19)11(13(14,6-18)12(20)21-15)10-8(16)4-3-5-9(10)17/h3-5,11H,1-2H3,(H2,20,21)/t11-,13+,14+/m0/s1. The zero-order valence-electron chi connectivity index (χ0n) is 12.3. The maximum absolute atomic E-state index is 14.4. The first-order chi connectivity index (χ1) is 10.9. The van der Waals surface area contributed by atoms with Crippen LogP contribution in [0.3, 0.4) is 0 Å². The summed E-state index contributed by atoms with van der Waals surface area (Å²) in [5.74, 6) is -3.50. The van der Waals surface area contributed by atoms with Gasteiger partial charge in [-0.1, -0.05) is 17.7 Å². The maximum atomic E-state index is 14.4. The van der Waals surface area contributed by atoms with Crippen molar-refractivity contribution < 1.29 is 13.9 Å². The van der Waals surface area contributed by atoms with Crippen LogP contribution < -0.4 is 5.73 Å². The zero-order valence-corrected chi connectivity index (χ0v) is 13.1. The highest BCUT2D eigenvalue weighted by atomic mass is 35.5. The molecule has 3 rings (SSSR count). The topological polar surface area (TPSA) is 104 Å². The molecule has 8 heteroatoms. The van der Waals surface area contributed by atoms with E-state index in [4.69, 9.17) is 26.8 Å². The SMILES string of the molecule is COC1(OC)N=C(N)[C@@]2(C#N)[C@H](c3c(F)cccc3Cl)[C@@]12C#N. The molecule has 2 N–H and O–H groups in total. The normalized spacial score (nSPS) is 33.3. The van der Waals surface area contributed by atoms with E-state index in [1.807, 2.05) is 12.1 Å². The van der Waals surface area contributed by atoms with Crippen LogP contribution in [0.25, 0.3) is 0 Å². The quantitative estimate of drug-likeness (QED) is 0.850. The molecular formula is C15H12ClFN4O2. The van der Waals surface area contributed by atoms with E-state index < -0.39 is 28.5 Å². The van der Waals surface area contributed by atoms with Crippen LogP contribution in [0.1, 0.15) is 11.5 Å². The summed E-state index contributed by atoms with van der Waals surface area (Å²) in [4.78, 5) is 4.05. The largest absolute Gasteiger partial charge is 0.386 e. The summed E-state index contributed by atoms with van der Waals surface area (Å²) in [6.45, 7) is 0. The van der Waals surface area contributed by atoms with Gasteiger partial charge in [-0.25, -0.2) is 9.38 Å². The maximum Gasteiger partial charge on any atom is 0.292 e. The smallest absolute Gasteiger partial charge is 0.292 e. The van der Waals surface area contributed by atoms with E-state index in [0.717, 1.165) is 0 Å². The Morgan fingerprint density at radius 2 is 1.96 bits per heavy atom. The number of hydrogen-bond acceptors (Lipinski definition) is 6. The van der Waals surface area contributed by atoms with Crippen LogP contribution in [0.5, 0.6) is 0 Å². The van der Waals surface area contributed by atoms with Crippen LogP contribution in [-0.2, 0) is 9.47 Å². The number of methoxy groups -OCH3 is 2. The third-order valence-corrected chi connectivity index (χ3v) is 5.10. The lowest BCUT2D eigenvalue weighted by atomic mass is 9.93. The molecule has 1 fully saturated rings. The number of hydrogen-bond donors (Lipinski definition) is 1. The molecule has 0 bridgehead atoms. The number of fused-ring (bicyclic) bond motifs is 1. The van der Waals surface area contributed by atoms with Crippen molar-refractivity contribution in [2.75, 3.05) is 14.2 Å². The Morgan fingerprint density at radius 3 is 2.43 bits per heavy atom. The molecule has 0 spiro atoms. The van der Waals surface area contributed by atoms with Crippen molar-refractivity contribution in [2.24, 2.45) is 21.6 Å². The minimum Gasteiger partial charge on any atom is -0.386 e. The van der Waals surface area contributed by atoms with E-state index in [1.165, 1.54) is 32.4 Å². The summed E-state index contributed by atoms with van der Waals surface area (Å²) in [7, 11) is 2.57. The Kier molecular flexibility index (Phi) is 3.18. The molecule has 0 unspecified atom stereocenters. The fourth-order valence-corrected chi connectivity index (χ4v) is 4.01. The van der Waals surface area contributed by atoms with Crippen molar-refractivity contribution in [2.45, 2.75) is 11.8 Å². The van der Waals surface area contributed by atoms with E-state index >= 15 is 0 Å². The van der Waals surface area contributed by atoms with Gasteiger partial charge < -0.3 is 15.2 Å². The van der Waals surface area contributed by atoms with Gasteiger partial charge in [-0.15, -0.1) is 0 Å². The van der Waals surface area contributed by atoms with Gasteiger partial charge in [-0.2, -0.15) is 10.5 Å². The number of halogens is 2. The van der Waals surface area contributed by atoms with Gasteiger partial charge in [0.15, 0.2) is 5.41 Å². The molecule has 118 valence electrons. The Labute approximate surface area is 136 Å². The highest BCUT2D eigenvalue weighted by molar-refractivity contribution is 6.31. The lowest BCUT2D eigenvalue weighted by Gasteiger charge is -2.29. The number of nitrogens with two attached hydrogens (primary N) is 1. The summed E-state index contributed by atoms with van der Waals surface area (Å²) >= 11 is 6.12. The Hall–Kier alpha value is -2.19. The number of nitrogens with zero attached hydrogens (tertiary/aromatic N) is 3. The molecule has 0 amide bonds. The van der Waals surface area contributed by atoms with E-state index in [0.29, 0.717) is 0 Å². The highest BCUT2D eigenvalue weighted by Gasteiger charge is 2.94. The molecule has 6 nitrogen and oxygen atoms in total. The summed E-state index contributed by atoms with van der Waals surface area (Å²) < 4.78 is 25.0. The van der Waals surface area contributed by atoms with Gasteiger partial charge in [0.05, 0.1) is 12.1 Å². The van der Waals surface area contributed by atoms with Gasteiger partial charge in [-0.05, 0) is 12.1 Å². The second kappa shape index (κ2) is 4.65. The predicted molar refractivity (Wildman–Crippen MR) is 78.6 cm³/mol. The molecule has 1 heterocycles. The fourth-order valence-electron chi connectivity index (χ4n) is 3.74. The second-order valence-corrected chi connectivity index (χ2v) is 5.80. The summed E-state index contributed by atoms with van der Waals surface area (Å²) in [6, 6.07) is 8.19. The lowest BCUT2D eigenvalue weighted by Crippen LogP contribution is -2.41. The molecule has 2 aliphatic rings. The van der Waals surface area contributed by atoms with Crippen molar-refractivity contribution in [3.05, 3.63) is 34.6 Å². The number of nitriles is 2. The molecule has 1 aliphatic heterocycles. The van der Waals surface area contributed by atoms with Crippen LogP contribution >= 0.6 is 11.6 Å². The van der Waals surface area contributed by atoms with Crippen molar-refractivity contribution >= 4 is 17.4 Å². The van der Waals surface area contributed by atoms with Crippen LogP contribution in [0.15, 0.2) is 23.2 Å². The predicted octanol–water partition coefficient (Wildman–Crippen LogP) is 1.91. The van der Waals surface area contributed by atoms with Crippen molar-refractivity contribution in [3.8, 4) is 12.1 Å². The average Bonchev–Trinajstić information content (AvgIpc) is 3.09. The molecule has 1 aromatic rings. The molecule has 0 radical (unpaired) electrons. The summed E-state index contributed by atoms with van der Waals surface area (Å²) in [5.41, 5.74) is 2.79. The van der Waals surface area contributed by atoms with Crippen LogP contribution in [0.2, 0.25) is 5.02 Å². The Balaban J connectivity index is 2.33. The summed E-state index contributed by atoms with van der Waals surface area (Å²) in [5, 5.41) is 19.7. The number of aliphatic imine (C=N–C) groups is 1. The molecule has 0 saturated heterocycles. The third kappa shape index (κ3) is 1.41. The van der Waals surface area contributed by atoms with Gasteiger partial charge in [-0.3, -0.25) is 0 Å². The first-order valence-corrected chi connectivity index (χ1v) is 7.02. The number of rotatable bonds is 3. The molecule has 1 saturated carbocycles. The highest BCUT2D eigenvalue weighted by Crippen LogP contribution is 2.82. The number of benzene rings is 1. The average molecular weight is 335 g/mol. The van der Waals surface area contributed by atoms with Gasteiger partial charge >= 0.3 is 0 Å². The van der Waals surface area contributed by atoms with Gasteiger partial charge in [0.2, 0.25) is 0 Å². The third-order valence-electron chi connectivity index (χ3n) is 4.77. The first kappa shape index (κ1) is 15.7. The van der Waals surface area contributed by atoms with Gasteiger partial charge in [0.25, 0.3) is 5.91 Å². The first-order valence-electron chi connectivity index (χ1n) is 6.65. The minimum atomic E-state index is -1.79. The van der Waals surface area contributed by atoms with Crippen molar-refractivity contribution in [1.29, 1.82) is 10.5 Å². The molecule has 3 atom stereocenters. The van der Waals surface area contributed by atoms with E-state index in [2.05, 4.69) is 4.99 Å². The molecular weight excluding hydrogens is 323 g/mol. The molecule has 23 heavy (non-hydrogen) atoms. The van der Waals surface area contributed by atoms with Gasteiger partial charge in [0.1, 0.15) is 17.1 Å². The van der Waals surface area contributed by atoms with Crippen LogP contribution in [0, 0.1) is 39.3 Å². The minimum absolute atomic E-state index is 0.0357. The van der Waals surface area contributed by atoms with Crippen molar-refractivity contribution in [3.63, 3.8) is 0 Å².